The largest absolute Gasteiger partial charge is 0.399 e. The summed E-state index contributed by atoms with van der Waals surface area (Å²) in [6.45, 7) is 0. The molecule has 0 bridgehead atoms. The number of carbonyl (C=O) groups excluding carboxylic acids is 6. The summed E-state index contributed by atoms with van der Waals surface area (Å²) < 4.78 is -4.08. The first kappa shape index (κ1) is 36.4. The standard InChI is InChI=1S/C16H8Cl3NO3.C14H9NO2.C2Cl4O/c17-16(18,19)15(23)20-8-5-6-10-9-3-1-2-4-11(9)13(21)14(22)12(10)7-8;15-8-5-6-10-9-3-1-2-4-11(9)13(16)14(17)12(10)7-8;3-1(7)2(4,5)6/h1-7H,(H,20,23);1-7H,15H2;. The van der Waals surface area contributed by atoms with Crippen LogP contribution in [0.4, 0.5) is 11.4 Å². The van der Waals surface area contributed by atoms with Crippen molar-refractivity contribution in [2.45, 2.75) is 7.59 Å². The third-order valence-electron chi connectivity index (χ3n) is 6.63. The van der Waals surface area contributed by atoms with E-state index in [0.717, 1.165) is 11.1 Å². The van der Waals surface area contributed by atoms with Gasteiger partial charge in [0.2, 0.25) is 23.1 Å². The van der Waals surface area contributed by atoms with Gasteiger partial charge in [0, 0.05) is 33.6 Å². The van der Waals surface area contributed by atoms with Crippen LogP contribution in [0.2, 0.25) is 0 Å². The van der Waals surface area contributed by atoms with E-state index in [0.29, 0.717) is 33.5 Å². The zero-order chi connectivity index (χ0) is 34.8. The Morgan fingerprint density at radius 2 is 0.872 bits per heavy atom. The van der Waals surface area contributed by atoms with Crippen LogP contribution in [0.5, 0.6) is 0 Å². The zero-order valence-corrected chi connectivity index (χ0v) is 28.5. The number of nitrogen functional groups attached to an aromatic ring is 1. The fraction of sp³-hybridized carbons (Fsp3) is 0.0625. The molecule has 4 aromatic rings. The first-order chi connectivity index (χ1) is 21.9. The van der Waals surface area contributed by atoms with Crippen molar-refractivity contribution >= 4 is 127 Å². The summed E-state index contributed by atoms with van der Waals surface area (Å²) in [6.07, 6.45) is 0. The normalized spacial score (nSPS) is 13.0. The molecule has 1 amide bonds. The number of hydrogen-bond acceptors (Lipinski definition) is 7. The Bertz CT molecular complexity index is 1980. The number of rotatable bonds is 1. The van der Waals surface area contributed by atoms with Gasteiger partial charge < -0.3 is 11.1 Å². The van der Waals surface area contributed by atoms with Crippen LogP contribution in [0.15, 0.2) is 84.9 Å². The summed E-state index contributed by atoms with van der Waals surface area (Å²) in [7, 11) is 0. The SMILES string of the molecule is Nc1ccc2c(c1)C(=O)C(=O)c1ccccc1-2.O=C(Cl)C(Cl)(Cl)Cl.O=C1C(=O)c2cc(NC(=O)C(Cl)(Cl)Cl)ccc2-c2ccccc21. The number of Topliss-reactive ketones (excluding diaryl/α,β-unsaturated/α-hetero) is 4. The second-order valence-electron chi connectivity index (χ2n) is 9.70. The van der Waals surface area contributed by atoms with E-state index in [2.05, 4.69) is 5.32 Å². The summed E-state index contributed by atoms with van der Waals surface area (Å²) in [6, 6.07) is 23.7. The van der Waals surface area contributed by atoms with Gasteiger partial charge in [0.05, 0.1) is 0 Å². The molecule has 0 atom stereocenters. The van der Waals surface area contributed by atoms with Crippen LogP contribution < -0.4 is 11.1 Å². The Hall–Kier alpha value is -3.47. The lowest BCUT2D eigenvalue weighted by atomic mass is 9.84. The Labute approximate surface area is 302 Å². The van der Waals surface area contributed by atoms with Crippen molar-refractivity contribution in [3.63, 3.8) is 0 Å². The molecule has 0 aliphatic heterocycles. The molecule has 47 heavy (non-hydrogen) atoms. The molecular formula is C32H17Cl7N2O6. The fourth-order valence-electron chi connectivity index (χ4n) is 4.55. The Morgan fingerprint density at radius 1 is 0.511 bits per heavy atom. The first-order valence-corrected chi connectivity index (χ1v) is 15.6. The van der Waals surface area contributed by atoms with E-state index >= 15 is 0 Å². The topological polar surface area (TPSA) is 140 Å². The lowest BCUT2D eigenvalue weighted by Gasteiger charge is -2.19. The molecule has 2 aliphatic rings. The van der Waals surface area contributed by atoms with Crippen molar-refractivity contribution in [1.82, 2.24) is 0 Å². The average molecular weight is 774 g/mol. The van der Waals surface area contributed by atoms with Crippen LogP contribution in [-0.2, 0) is 9.59 Å². The van der Waals surface area contributed by atoms with E-state index in [1.807, 2.05) is 12.1 Å². The van der Waals surface area contributed by atoms with E-state index in [1.165, 1.54) is 6.07 Å². The van der Waals surface area contributed by atoms with Gasteiger partial charge in [-0.1, -0.05) is 130 Å². The number of hydrogen-bond donors (Lipinski definition) is 2. The van der Waals surface area contributed by atoms with Gasteiger partial charge in [-0.05, 0) is 58.1 Å². The monoisotopic (exact) mass is 770 g/mol. The summed E-state index contributed by atoms with van der Waals surface area (Å²) in [5.41, 5.74) is 10.7. The minimum atomic E-state index is -2.12. The Kier molecular flexibility index (Phi) is 11.1. The smallest absolute Gasteiger partial charge is 0.276 e. The lowest BCUT2D eigenvalue weighted by molar-refractivity contribution is -0.115. The van der Waals surface area contributed by atoms with Crippen LogP contribution in [-0.4, -0.2) is 41.9 Å². The van der Waals surface area contributed by atoms with Gasteiger partial charge in [0.1, 0.15) is 0 Å². The van der Waals surface area contributed by atoms with Crippen molar-refractivity contribution in [3.05, 3.63) is 107 Å². The van der Waals surface area contributed by atoms with Gasteiger partial charge in [-0.25, -0.2) is 0 Å². The van der Waals surface area contributed by atoms with Crippen LogP contribution in [0.1, 0.15) is 41.4 Å². The molecule has 0 spiro atoms. The van der Waals surface area contributed by atoms with Crippen LogP contribution in [0.25, 0.3) is 22.3 Å². The van der Waals surface area contributed by atoms with Gasteiger partial charge in [0.15, 0.2) is 0 Å². The number of nitrogens with two attached hydrogens (primary N) is 1. The highest BCUT2D eigenvalue weighted by Gasteiger charge is 2.33. The summed E-state index contributed by atoms with van der Waals surface area (Å²) in [5.74, 6) is -3.01. The molecule has 8 nitrogen and oxygen atoms in total. The number of nitrogens with one attached hydrogen (secondary N) is 1. The highest BCUT2D eigenvalue weighted by Crippen LogP contribution is 2.36. The number of benzene rings is 4. The summed E-state index contributed by atoms with van der Waals surface area (Å²) in [5, 5.41) is 1.40. The predicted molar refractivity (Wildman–Crippen MR) is 186 cm³/mol. The highest BCUT2D eigenvalue weighted by molar-refractivity contribution is 6.88. The molecule has 240 valence electrons. The third kappa shape index (κ3) is 8.16. The minimum Gasteiger partial charge on any atom is -0.399 e. The molecule has 0 unspecified atom stereocenters. The van der Waals surface area contributed by atoms with E-state index in [-0.39, 0.29) is 11.3 Å². The molecule has 0 aromatic heterocycles. The molecule has 15 heteroatoms. The maximum Gasteiger partial charge on any atom is 0.276 e. The molecule has 0 heterocycles. The van der Waals surface area contributed by atoms with E-state index in [1.54, 1.807) is 66.7 Å². The van der Waals surface area contributed by atoms with Crippen LogP contribution >= 0.6 is 81.2 Å². The number of fused-ring (bicyclic) bond motifs is 6. The van der Waals surface area contributed by atoms with Crippen molar-refractivity contribution in [2.24, 2.45) is 0 Å². The average Bonchev–Trinajstić information content (AvgIpc) is 3.02. The van der Waals surface area contributed by atoms with E-state index in [4.69, 9.17) is 86.9 Å². The Morgan fingerprint density at radius 3 is 1.30 bits per heavy atom. The zero-order valence-electron chi connectivity index (χ0n) is 23.3. The first-order valence-electron chi connectivity index (χ1n) is 13.0. The lowest BCUT2D eigenvalue weighted by Crippen LogP contribution is -2.27. The second-order valence-corrected chi connectivity index (χ2v) is 14.6. The van der Waals surface area contributed by atoms with Gasteiger partial charge in [-0.3, -0.25) is 28.8 Å². The molecule has 4 aromatic carbocycles. The van der Waals surface area contributed by atoms with Gasteiger partial charge >= 0.3 is 0 Å². The predicted octanol–water partition coefficient (Wildman–Crippen LogP) is 8.48. The van der Waals surface area contributed by atoms with Crippen LogP contribution in [0.3, 0.4) is 0 Å². The molecule has 0 saturated heterocycles. The molecule has 6 rings (SSSR count). The van der Waals surface area contributed by atoms with E-state index < -0.39 is 41.9 Å². The third-order valence-corrected chi connectivity index (χ3v) is 8.23. The Balaban J connectivity index is 0.000000182. The van der Waals surface area contributed by atoms with Crippen molar-refractivity contribution in [2.75, 3.05) is 11.1 Å². The van der Waals surface area contributed by atoms with Crippen molar-refractivity contribution in [3.8, 4) is 22.3 Å². The maximum atomic E-state index is 12.3. The maximum absolute atomic E-state index is 12.3. The fourth-order valence-corrected chi connectivity index (χ4v) is 4.69. The molecule has 0 fully saturated rings. The van der Waals surface area contributed by atoms with Crippen molar-refractivity contribution < 1.29 is 28.8 Å². The number of ketones is 4. The van der Waals surface area contributed by atoms with Crippen molar-refractivity contribution in [1.29, 1.82) is 0 Å². The molecule has 2 aliphatic carbocycles. The number of anilines is 2. The number of carbonyl (C=O) groups is 6. The highest BCUT2D eigenvalue weighted by atomic mass is 35.6. The van der Waals surface area contributed by atoms with Gasteiger partial charge in [0.25, 0.3) is 18.7 Å². The summed E-state index contributed by atoms with van der Waals surface area (Å²) >= 11 is 36.0. The number of alkyl halides is 6. The quantitative estimate of drug-likeness (QED) is 0.0856. The molecular weight excluding hydrogens is 757 g/mol. The van der Waals surface area contributed by atoms with Gasteiger partial charge in [-0.15, -0.1) is 0 Å². The number of halogens is 7. The van der Waals surface area contributed by atoms with E-state index in [9.17, 15) is 28.8 Å². The molecule has 0 saturated carbocycles. The minimum absolute atomic E-state index is 0.204. The molecule has 3 N–H and O–H groups in total. The molecule has 0 radical (unpaired) electrons. The van der Waals surface area contributed by atoms with Crippen LogP contribution in [0, 0.1) is 0 Å². The number of amides is 1. The summed E-state index contributed by atoms with van der Waals surface area (Å²) in [4.78, 5) is 69.8. The van der Waals surface area contributed by atoms with Gasteiger partial charge in [-0.2, -0.15) is 0 Å². The second kappa shape index (κ2) is 14.3.